The Hall–Kier alpha value is -1.75. The minimum Gasteiger partial charge on any atom is -0.492 e. The van der Waals surface area contributed by atoms with Gasteiger partial charge in [-0.05, 0) is 12.1 Å². The number of halogens is 1. The van der Waals surface area contributed by atoms with Crippen LogP contribution in [-0.2, 0) is 11.2 Å². The first-order chi connectivity index (χ1) is 7.08. The van der Waals surface area contributed by atoms with Gasteiger partial charge in [0.15, 0.2) is 0 Å². The van der Waals surface area contributed by atoms with Crippen molar-refractivity contribution in [2.45, 2.75) is 6.42 Å². The van der Waals surface area contributed by atoms with E-state index < -0.39 is 5.97 Å². The highest BCUT2D eigenvalue weighted by atomic mass is 35.5. The van der Waals surface area contributed by atoms with E-state index in [4.69, 9.17) is 16.7 Å². The van der Waals surface area contributed by atoms with Crippen LogP contribution in [0.25, 0.3) is 5.65 Å². The lowest BCUT2D eigenvalue weighted by Gasteiger charge is -1.98. The fourth-order valence-corrected chi connectivity index (χ4v) is 1.52. The second-order valence-corrected chi connectivity index (χ2v) is 3.46. The van der Waals surface area contributed by atoms with E-state index in [9.17, 15) is 9.90 Å². The lowest BCUT2D eigenvalue weighted by atomic mass is 10.3. The monoisotopic (exact) mass is 226 g/mol. The number of aromatic hydroxyl groups is 1. The average molecular weight is 227 g/mol. The molecule has 0 radical (unpaired) electrons. The number of fused-ring (bicyclic) bond motifs is 1. The lowest BCUT2D eigenvalue weighted by molar-refractivity contribution is -0.136. The fourth-order valence-electron chi connectivity index (χ4n) is 1.36. The highest BCUT2D eigenvalue weighted by molar-refractivity contribution is 6.30. The van der Waals surface area contributed by atoms with E-state index in [2.05, 4.69) is 4.98 Å². The molecule has 2 aromatic rings. The molecule has 0 atom stereocenters. The van der Waals surface area contributed by atoms with Gasteiger partial charge >= 0.3 is 5.97 Å². The summed E-state index contributed by atoms with van der Waals surface area (Å²) >= 11 is 5.76. The average Bonchev–Trinajstić information content (AvgIpc) is 2.43. The van der Waals surface area contributed by atoms with E-state index in [1.807, 2.05) is 0 Å². The van der Waals surface area contributed by atoms with Crippen molar-refractivity contribution in [1.82, 2.24) is 9.38 Å². The third-order valence-corrected chi connectivity index (χ3v) is 2.20. The van der Waals surface area contributed by atoms with Gasteiger partial charge in [0.25, 0.3) is 0 Å². The molecule has 15 heavy (non-hydrogen) atoms. The highest BCUT2D eigenvalue weighted by Gasteiger charge is 2.14. The topological polar surface area (TPSA) is 74.8 Å². The number of carboxylic acid groups (broad SMARTS) is 1. The van der Waals surface area contributed by atoms with Crippen molar-refractivity contribution in [2.75, 3.05) is 0 Å². The number of hydrogen-bond donors (Lipinski definition) is 2. The molecule has 2 N–H and O–H groups in total. The van der Waals surface area contributed by atoms with Gasteiger partial charge in [-0.2, -0.15) is 4.98 Å². The number of imidazole rings is 1. The van der Waals surface area contributed by atoms with Crippen LogP contribution < -0.4 is 0 Å². The van der Waals surface area contributed by atoms with Crippen molar-refractivity contribution in [3.63, 3.8) is 0 Å². The molecule has 0 saturated carbocycles. The number of carboxylic acids is 1. The minimum atomic E-state index is -1.04. The Morgan fingerprint density at radius 3 is 2.93 bits per heavy atom. The maximum Gasteiger partial charge on any atom is 0.309 e. The summed E-state index contributed by atoms with van der Waals surface area (Å²) in [6, 6.07) is 3.22. The molecular formula is C9H7ClN2O3. The Kier molecular flexibility index (Phi) is 2.24. The largest absolute Gasteiger partial charge is 0.492 e. The SMILES string of the molecule is O=C(O)Cc1c(O)nc2ccc(Cl)cn12. The summed E-state index contributed by atoms with van der Waals surface area (Å²) in [6.07, 6.45) is 1.22. The number of rotatable bonds is 2. The van der Waals surface area contributed by atoms with Crippen LogP contribution in [-0.4, -0.2) is 25.6 Å². The minimum absolute atomic E-state index is 0.222. The smallest absolute Gasteiger partial charge is 0.309 e. The van der Waals surface area contributed by atoms with Crippen LogP contribution in [0.5, 0.6) is 5.88 Å². The summed E-state index contributed by atoms with van der Waals surface area (Å²) in [5, 5.41) is 18.5. The van der Waals surface area contributed by atoms with Crippen LogP contribution in [0.2, 0.25) is 5.02 Å². The molecule has 0 aromatic carbocycles. The van der Waals surface area contributed by atoms with Crippen molar-refractivity contribution in [3.8, 4) is 5.88 Å². The second kappa shape index (κ2) is 3.43. The van der Waals surface area contributed by atoms with Crippen molar-refractivity contribution >= 4 is 23.2 Å². The van der Waals surface area contributed by atoms with E-state index in [-0.39, 0.29) is 18.0 Å². The summed E-state index contributed by atoms with van der Waals surface area (Å²) in [5.41, 5.74) is 0.688. The number of carbonyl (C=O) groups is 1. The Bertz CT molecular complexity index is 535. The summed E-state index contributed by atoms with van der Waals surface area (Å²) < 4.78 is 1.46. The quantitative estimate of drug-likeness (QED) is 0.810. The predicted molar refractivity (Wildman–Crippen MR) is 53.2 cm³/mol. The molecular weight excluding hydrogens is 220 g/mol. The van der Waals surface area contributed by atoms with Gasteiger partial charge in [-0.1, -0.05) is 11.6 Å². The van der Waals surface area contributed by atoms with Crippen molar-refractivity contribution < 1.29 is 15.0 Å². The second-order valence-electron chi connectivity index (χ2n) is 3.03. The van der Waals surface area contributed by atoms with E-state index in [1.165, 1.54) is 10.6 Å². The molecule has 2 aromatic heterocycles. The zero-order valence-electron chi connectivity index (χ0n) is 7.51. The van der Waals surface area contributed by atoms with Crippen molar-refractivity contribution in [2.24, 2.45) is 0 Å². The molecule has 5 nitrogen and oxygen atoms in total. The molecule has 0 bridgehead atoms. The first kappa shape index (κ1) is 9.79. The molecule has 0 aliphatic rings. The Morgan fingerprint density at radius 1 is 1.53 bits per heavy atom. The Balaban J connectivity index is 2.65. The standard InChI is InChI=1S/C9H7ClN2O3/c10-5-1-2-7-11-9(15)6(3-8(13)14)12(7)4-5/h1-2,4,15H,3H2,(H,13,14). The molecule has 2 heterocycles. The van der Waals surface area contributed by atoms with E-state index in [0.29, 0.717) is 10.7 Å². The molecule has 0 amide bonds. The molecule has 0 saturated heterocycles. The maximum atomic E-state index is 10.6. The number of nitrogens with zero attached hydrogens (tertiary/aromatic N) is 2. The van der Waals surface area contributed by atoms with E-state index in [1.54, 1.807) is 12.1 Å². The van der Waals surface area contributed by atoms with Crippen LogP contribution >= 0.6 is 11.6 Å². The van der Waals surface area contributed by atoms with Gasteiger partial charge < -0.3 is 10.2 Å². The molecule has 0 aliphatic carbocycles. The van der Waals surface area contributed by atoms with Gasteiger partial charge in [0, 0.05) is 6.20 Å². The first-order valence-electron chi connectivity index (χ1n) is 4.15. The molecule has 0 unspecified atom stereocenters. The Morgan fingerprint density at radius 2 is 2.27 bits per heavy atom. The third kappa shape index (κ3) is 1.73. The number of pyridine rings is 1. The van der Waals surface area contributed by atoms with Crippen LogP contribution in [0.1, 0.15) is 5.69 Å². The number of aliphatic carboxylic acids is 1. The van der Waals surface area contributed by atoms with Crippen molar-refractivity contribution in [3.05, 3.63) is 29.0 Å². The zero-order chi connectivity index (χ0) is 11.0. The van der Waals surface area contributed by atoms with Gasteiger partial charge in [-0.3, -0.25) is 9.20 Å². The van der Waals surface area contributed by atoms with Crippen LogP contribution in [0.15, 0.2) is 18.3 Å². The van der Waals surface area contributed by atoms with Crippen LogP contribution in [0, 0.1) is 0 Å². The van der Waals surface area contributed by atoms with E-state index >= 15 is 0 Å². The summed E-state index contributed by atoms with van der Waals surface area (Å²) in [5.74, 6) is -1.31. The third-order valence-electron chi connectivity index (χ3n) is 1.98. The number of hydrogen-bond acceptors (Lipinski definition) is 3. The summed E-state index contributed by atoms with van der Waals surface area (Å²) in [6.45, 7) is 0. The zero-order valence-corrected chi connectivity index (χ0v) is 8.27. The molecule has 78 valence electrons. The van der Waals surface area contributed by atoms with Gasteiger partial charge in [-0.25, -0.2) is 0 Å². The van der Waals surface area contributed by atoms with E-state index in [0.717, 1.165) is 0 Å². The highest BCUT2D eigenvalue weighted by Crippen LogP contribution is 2.21. The van der Waals surface area contributed by atoms with Crippen molar-refractivity contribution in [1.29, 1.82) is 0 Å². The first-order valence-corrected chi connectivity index (χ1v) is 4.53. The molecule has 0 spiro atoms. The molecule has 6 heteroatoms. The van der Waals surface area contributed by atoms with Gasteiger partial charge in [0.2, 0.25) is 5.88 Å². The summed E-state index contributed by atoms with van der Waals surface area (Å²) in [4.78, 5) is 14.4. The number of aromatic nitrogens is 2. The molecule has 0 fully saturated rings. The lowest BCUT2D eigenvalue weighted by Crippen LogP contribution is -2.03. The molecule has 0 aliphatic heterocycles. The predicted octanol–water partition coefficient (Wildman–Crippen LogP) is 1.32. The summed E-state index contributed by atoms with van der Waals surface area (Å²) in [7, 11) is 0. The maximum absolute atomic E-state index is 10.6. The normalized spacial score (nSPS) is 10.7. The van der Waals surface area contributed by atoms with Gasteiger partial charge in [0.1, 0.15) is 5.65 Å². The Labute approximate surface area is 89.6 Å². The van der Waals surface area contributed by atoms with Gasteiger partial charge in [-0.15, -0.1) is 0 Å². The fraction of sp³-hybridized carbons (Fsp3) is 0.111. The van der Waals surface area contributed by atoms with Crippen LogP contribution in [0.4, 0.5) is 0 Å². The molecule has 2 rings (SSSR count). The van der Waals surface area contributed by atoms with Crippen LogP contribution in [0.3, 0.4) is 0 Å². The van der Waals surface area contributed by atoms with Gasteiger partial charge in [0.05, 0.1) is 17.1 Å².